The number of halogens is 1. The van der Waals surface area contributed by atoms with E-state index in [4.69, 9.17) is 0 Å². The van der Waals surface area contributed by atoms with Crippen LogP contribution in [-0.2, 0) is 4.79 Å². The van der Waals surface area contributed by atoms with Crippen molar-refractivity contribution < 1.29 is 10.0 Å². The maximum absolute atomic E-state index is 10.6. The maximum Gasteiger partial charge on any atom is 0.244 e. The summed E-state index contributed by atoms with van der Waals surface area (Å²) in [5.74, 6) is -0.351. The van der Waals surface area contributed by atoms with Gasteiger partial charge in [0.1, 0.15) is 4.60 Å². The Kier molecular flexibility index (Phi) is 2.65. The highest BCUT2D eigenvalue weighted by Crippen LogP contribution is 2.02. The Balaban J connectivity index is 3.35. The molecule has 0 aliphatic rings. The Morgan fingerprint density at radius 1 is 1.67 bits per heavy atom. The quantitative estimate of drug-likeness (QED) is 0.533. The van der Waals surface area contributed by atoms with E-state index < -0.39 is 0 Å². The third-order valence-corrected chi connectivity index (χ3v) is 1.77. The zero-order chi connectivity index (χ0) is 9.14. The number of carbonyl (C=O) groups excluding carboxylic acids is 1. The highest BCUT2D eigenvalue weighted by molar-refractivity contribution is 9.10. The van der Waals surface area contributed by atoms with Gasteiger partial charge in [-0.15, -0.1) is 0 Å². The molecule has 1 rings (SSSR count). The highest BCUT2D eigenvalue weighted by Gasteiger charge is 1.95. The Morgan fingerprint density at radius 2 is 2.33 bits per heavy atom. The number of hydrogen-bond donors (Lipinski definition) is 1. The smallest absolute Gasteiger partial charge is 0.244 e. The molecule has 1 N–H and O–H groups in total. The van der Waals surface area contributed by atoms with Crippen LogP contribution < -0.4 is 5.49 Å². The van der Waals surface area contributed by atoms with Gasteiger partial charge in [-0.3, -0.25) is 4.79 Å². The van der Waals surface area contributed by atoms with E-state index in [1.807, 2.05) is 0 Å². The summed E-state index contributed by atoms with van der Waals surface area (Å²) >= 11 is 3.08. The van der Waals surface area contributed by atoms with Gasteiger partial charge in [-0.05, 0) is 28.1 Å². The van der Waals surface area contributed by atoms with Crippen molar-refractivity contribution in [2.45, 2.75) is 6.92 Å². The molecule has 0 aliphatic heterocycles. The molecule has 1 heterocycles. The van der Waals surface area contributed by atoms with E-state index in [0.717, 1.165) is 4.73 Å². The summed E-state index contributed by atoms with van der Waals surface area (Å²) in [6, 6.07) is 4.85. The molecule has 0 radical (unpaired) electrons. The molecule has 0 saturated carbocycles. The fourth-order valence-corrected chi connectivity index (χ4v) is 1.04. The van der Waals surface area contributed by atoms with Crippen LogP contribution in [0.15, 0.2) is 27.8 Å². The molecular formula is C7H7BrN2O2. The SMILES string of the molecule is CC(=O)N=c1cccc(Br)n1O. The first-order valence-corrected chi connectivity index (χ1v) is 4.02. The van der Waals surface area contributed by atoms with Gasteiger partial charge in [-0.25, -0.2) is 0 Å². The summed E-state index contributed by atoms with van der Waals surface area (Å²) in [4.78, 5) is 14.1. The van der Waals surface area contributed by atoms with Gasteiger partial charge >= 0.3 is 0 Å². The minimum Gasteiger partial charge on any atom is -0.426 e. The highest BCUT2D eigenvalue weighted by atomic mass is 79.9. The monoisotopic (exact) mass is 230 g/mol. The summed E-state index contributed by atoms with van der Waals surface area (Å²) in [6.45, 7) is 1.32. The normalized spacial score (nSPS) is 11.7. The van der Waals surface area contributed by atoms with Crippen LogP contribution in [0.25, 0.3) is 0 Å². The molecule has 64 valence electrons. The molecule has 1 aromatic rings. The van der Waals surface area contributed by atoms with Crippen molar-refractivity contribution >= 4 is 21.8 Å². The van der Waals surface area contributed by atoms with E-state index in [0.29, 0.717) is 4.60 Å². The molecule has 0 bridgehead atoms. The molecule has 5 heteroatoms. The van der Waals surface area contributed by atoms with Gasteiger partial charge < -0.3 is 5.21 Å². The minimum atomic E-state index is -0.351. The summed E-state index contributed by atoms with van der Waals surface area (Å²) < 4.78 is 1.24. The first-order chi connectivity index (χ1) is 5.61. The molecule has 0 fully saturated rings. The average Bonchev–Trinajstić information content (AvgIpc) is 1.98. The maximum atomic E-state index is 10.6. The molecule has 0 saturated heterocycles. The lowest BCUT2D eigenvalue weighted by molar-refractivity contribution is -0.116. The van der Waals surface area contributed by atoms with Crippen LogP contribution in [0.1, 0.15) is 6.92 Å². The number of aromatic nitrogens is 1. The molecule has 0 aromatic carbocycles. The van der Waals surface area contributed by atoms with Crippen molar-refractivity contribution in [3.05, 3.63) is 28.3 Å². The molecule has 0 unspecified atom stereocenters. The number of rotatable bonds is 0. The summed E-state index contributed by atoms with van der Waals surface area (Å²) in [6.07, 6.45) is 0. The predicted octanol–water partition coefficient (Wildman–Crippen LogP) is 0.935. The summed E-state index contributed by atoms with van der Waals surface area (Å²) in [5, 5.41) is 9.27. The van der Waals surface area contributed by atoms with Gasteiger partial charge in [0, 0.05) is 6.92 Å². The molecule has 0 atom stereocenters. The van der Waals surface area contributed by atoms with Crippen molar-refractivity contribution in [2.24, 2.45) is 4.99 Å². The second kappa shape index (κ2) is 3.53. The van der Waals surface area contributed by atoms with Gasteiger partial charge in [0.2, 0.25) is 5.91 Å². The topological polar surface area (TPSA) is 54.6 Å². The summed E-state index contributed by atoms with van der Waals surface area (Å²) in [7, 11) is 0. The van der Waals surface area contributed by atoms with Crippen LogP contribution >= 0.6 is 15.9 Å². The Labute approximate surface area is 77.3 Å². The van der Waals surface area contributed by atoms with Crippen LogP contribution in [0.2, 0.25) is 0 Å². The number of hydrogen-bond acceptors (Lipinski definition) is 2. The van der Waals surface area contributed by atoms with E-state index in [-0.39, 0.29) is 11.4 Å². The lowest BCUT2D eigenvalue weighted by Gasteiger charge is -1.98. The van der Waals surface area contributed by atoms with Gasteiger partial charge in [0.25, 0.3) is 0 Å². The minimum absolute atomic E-state index is 0.205. The van der Waals surface area contributed by atoms with Gasteiger partial charge in [-0.2, -0.15) is 9.72 Å². The predicted molar refractivity (Wildman–Crippen MR) is 45.6 cm³/mol. The zero-order valence-electron chi connectivity index (χ0n) is 6.36. The Morgan fingerprint density at radius 3 is 2.92 bits per heavy atom. The lowest BCUT2D eigenvalue weighted by Crippen LogP contribution is -2.19. The summed E-state index contributed by atoms with van der Waals surface area (Å²) in [5.41, 5.74) is 0.205. The average molecular weight is 231 g/mol. The van der Waals surface area contributed by atoms with Crippen LogP contribution in [0, 0.1) is 0 Å². The van der Waals surface area contributed by atoms with Crippen LogP contribution in [-0.4, -0.2) is 15.8 Å². The third kappa shape index (κ3) is 1.94. The van der Waals surface area contributed by atoms with E-state index in [1.165, 1.54) is 13.0 Å². The van der Waals surface area contributed by atoms with E-state index >= 15 is 0 Å². The number of amides is 1. The Hall–Kier alpha value is -1.10. The second-order valence-corrected chi connectivity index (χ2v) is 2.96. The molecule has 12 heavy (non-hydrogen) atoms. The third-order valence-electron chi connectivity index (χ3n) is 1.17. The van der Waals surface area contributed by atoms with Crippen molar-refractivity contribution in [3.63, 3.8) is 0 Å². The number of pyridine rings is 1. The molecule has 0 aliphatic carbocycles. The number of nitrogens with zero attached hydrogens (tertiary/aromatic N) is 2. The van der Waals surface area contributed by atoms with E-state index in [2.05, 4.69) is 20.9 Å². The molecule has 4 nitrogen and oxygen atoms in total. The molecule has 1 amide bonds. The van der Waals surface area contributed by atoms with E-state index in [9.17, 15) is 10.0 Å². The first-order valence-electron chi connectivity index (χ1n) is 3.23. The fraction of sp³-hybridized carbons (Fsp3) is 0.143. The fourth-order valence-electron chi connectivity index (χ4n) is 0.710. The van der Waals surface area contributed by atoms with Crippen molar-refractivity contribution in [3.8, 4) is 0 Å². The van der Waals surface area contributed by atoms with Gasteiger partial charge in [0.05, 0.1) is 0 Å². The van der Waals surface area contributed by atoms with Crippen molar-refractivity contribution in [1.82, 2.24) is 4.73 Å². The number of carbonyl (C=O) groups is 1. The van der Waals surface area contributed by atoms with Crippen LogP contribution in [0.5, 0.6) is 0 Å². The second-order valence-electron chi connectivity index (χ2n) is 2.15. The molecule has 1 aromatic heterocycles. The Bertz CT molecular complexity index is 370. The molecule has 0 spiro atoms. The standard InChI is InChI=1S/C7H7BrN2O2/c1-5(11)9-7-4-2-3-6(8)10(7)12/h2-4,12H,1H3. The largest absolute Gasteiger partial charge is 0.426 e. The van der Waals surface area contributed by atoms with Gasteiger partial charge in [-0.1, -0.05) is 6.07 Å². The zero-order valence-corrected chi connectivity index (χ0v) is 7.95. The van der Waals surface area contributed by atoms with Crippen molar-refractivity contribution in [2.75, 3.05) is 0 Å². The van der Waals surface area contributed by atoms with Crippen molar-refractivity contribution in [1.29, 1.82) is 0 Å². The lowest BCUT2D eigenvalue weighted by atomic mass is 10.5. The van der Waals surface area contributed by atoms with E-state index in [1.54, 1.807) is 12.1 Å². The molecular weight excluding hydrogens is 224 g/mol. The van der Waals surface area contributed by atoms with Crippen LogP contribution in [0.4, 0.5) is 0 Å². The first kappa shape index (κ1) is 8.99. The van der Waals surface area contributed by atoms with Gasteiger partial charge in [0.15, 0.2) is 5.49 Å². The van der Waals surface area contributed by atoms with Crippen LogP contribution in [0.3, 0.4) is 0 Å².